The van der Waals surface area contributed by atoms with Crippen molar-refractivity contribution in [3.63, 3.8) is 0 Å². The molecular weight excluding hydrogens is 182 g/mol. The maximum absolute atomic E-state index is 5.72. The molecule has 70 valence electrons. The Morgan fingerprint density at radius 1 is 1.46 bits per heavy atom. The monoisotopic (exact) mass is 195 g/mol. The van der Waals surface area contributed by atoms with E-state index in [1.54, 1.807) is 0 Å². The molecule has 1 saturated heterocycles. The Morgan fingerprint density at radius 3 is 2.85 bits per heavy atom. The van der Waals surface area contributed by atoms with Crippen molar-refractivity contribution in [2.75, 3.05) is 18.9 Å². The molecule has 0 unspecified atom stereocenters. The summed E-state index contributed by atoms with van der Waals surface area (Å²) in [4.78, 5) is 1.29. The smallest absolute Gasteiger partial charge is 0.0611 e. The van der Waals surface area contributed by atoms with Gasteiger partial charge in [0.1, 0.15) is 0 Å². The molecule has 0 spiro atoms. The van der Waals surface area contributed by atoms with Crippen molar-refractivity contribution in [3.8, 4) is 0 Å². The molecule has 0 amide bonds. The van der Waals surface area contributed by atoms with Crippen molar-refractivity contribution in [2.24, 2.45) is 0 Å². The Bertz CT molecular complexity index is 310. The summed E-state index contributed by atoms with van der Waals surface area (Å²) >= 11 is 1.87. The third kappa shape index (κ3) is 1.98. The van der Waals surface area contributed by atoms with Crippen LogP contribution in [0, 0.1) is 6.92 Å². The standard InChI is InChI=1S/C10H13NOS/c1-7-2-3-8(11)4-10(7)13-9-5-12-6-9/h2-4,9H,5-6,11H2,1H3. The molecule has 3 heteroatoms. The highest BCUT2D eigenvalue weighted by Crippen LogP contribution is 2.31. The number of hydrogen-bond donors (Lipinski definition) is 1. The number of aryl methyl sites for hydroxylation is 1. The second-order valence-corrected chi connectivity index (χ2v) is 4.64. The first-order chi connectivity index (χ1) is 6.25. The Balaban J connectivity index is 2.13. The zero-order valence-electron chi connectivity index (χ0n) is 7.62. The van der Waals surface area contributed by atoms with Crippen molar-refractivity contribution in [1.82, 2.24) is 0 Å². The number of hydrogen-bond acceptors (Lipinski definition) is 3. The van der Waals surface area contributed by atoms with Crippen LogP contribution in [0.15, 0.2) is 23.1 Å². The Morgan fingerprint density at radius 2 is 2.23 bits per heavy atom. The predicted molar refractivity (Wildman–Crippen MR) is 56.1 cm³/mol. The van der Waals surface area contributed by atoms with Gasteiger partial charge in [0.15, 0.2) is 0 Å². The number of rotatable bonds is 2. The van der Waals surface area contributed by atoms with Gasteiger partial charge in [-0.2, -0.15) is 0 Å². The summed E-state index contributed by atoms with van der Waals surface area (Å²) in [5.74, 6) is 0. The van der Waals surface area contributed by atoms with Gasteiger partial charge in [-0.15, -0.1) is 11.8 Å². The van der Waals surface area contributed by atoms with Crippen LogP contribution in [-0.2, 0) is 4.74 Å². The van der Waals surface area contributed by atoms with Gasteiger partial charge in [-0.05, 0) is 24.6 Å². The fourth-order valence-corrected chi connectivity index (χ4v) is 2.35. The van der Waals surface area contributed by atoms with Gasteiger partial charge in [-0.25, -0.2) is 0 Å². The summed E-state index contributed by atoms with van der Waals surface area (Å²) in [5, 5.41) is 0.625. The molecule has 0 aromatic heterocycles. The average molecular weight is 195 g/mol. The average Bonchev–Trinajstić information content (AvgIpc) is 2.03. The first kappa shape index (κ1) is 8.91. The highest BCUT2D eigenvalue weighted by molar-refractivity contribution is 8.00. The Hall–Kier alpha value is -0.670. The molecule has 0 aliphatic carbocycles. The van der Waals surface area contributed by atoms with E-state index in [2.05, 4.69) is 13.0 Å². The number of nitrogen functional groups attached to an aromatic ring is 1. The van der Waals surface area contributed by atoms with Crippen LogP contribution in [0.1, 0.15) is 5.56 Å². The minimum absolute atomic E-state index is 0.625. The zero-order valence-corrected chi connectivity index (χ0v) is 8.43. The lowest BCUT2D eigenvalue weighted by Crippen LogP contribution is -2.30. The molecule has 1 aliphatic heterocycles. The van der Waals surface area contributed by atoms with Crippen LogP contribution in [0.5, 0.6) is 0 Å². The highest BCUT2D eigenvalue weighted by atomic mass is 32.2. The molecule has 0 saturated carbocycles. The van der Waals surface area contributed by atoms with Gasteiger partial charge in [0.2, 0.25) is 0 Å². The van der Waals surface area contributed by atoms with Crippen LogP contribution in [0.4, 0.5) is 5.69 Å². The molecule has 0 radical (unpaired) electrons. The minimum Gasteiger partial charge on any atom is -0.399 e. The highest BCUT2D eigenvalue weighted by Gasteiger charge is 2.20. The summed E-state index contributed by atoms with van der Waals surface area (Å²) < 4.78 is 5.13. The number of thioether (sulfide) groups is 1. The molecule has 1 aliphatic rings. The van der Waals surface area contributed by atoms with Crippen LogP contribution in [0.25, 0.3) is 0 Å². The molecule has 2 N–H and O–H groups in total. The van der Waals surface area contributed by atoms with Crippen LogP contribution < -0.4 is 5.73 Å². The number of nitrogens with two attached hydrogens (primary N) is 1. The summed E-state index contributed by atoms with van der Waals surface area (Å²) in [7, 11) is 0. The predicted octanol–water partition coefficient (Wildman–Crippen LogP) is 2.07. The first-order valence-corrected chi connectivity index (χ1v) is 5.24. The molecule has 0 bridgehead atoms. The Labute approximate surface area is 82.5 Å². The van der Waals surface area contributed by atoms with Crippen molar-refractivity contribution in [3.05, 3.63) is 23.8 Å². The Kier molecular flexibility index (Phi) is 2.47. The maximum atomic E-state index is 5.72. The maximum Gasteiger partial charge on any atom is 0.0611 e. The lowest BCUT2D eigenvalue weighted by molar-refractivity contribution is 0.0455. The number of benzene rings is 1. The van der Waals surface area contributed by atoms with Crippen molar-refractivity contribution < 1.29 is 4.74 Å². The van der Waals surface area contributed by atoms with E-state index in [0.29, 0.717) is 5.25 Å². The van der Waals surface area contributed by atoms with Crippen molar-refractivity contribution in [1.29, 1.82) is 0 Å². The zero-order chi connectivity index (χ0) is 9.26. The summed E-state index contributed by atoms with van der Waals surface area (Å²) in [5.41, 5.74) is 7.86. The molecule has 2 rings (SSSR count). The van der Waals surface area contributed by atoms with Crippen molar-refractivity contribution >= 4 is 17.4 Å². The largest absolute Gasteiger partial charge is 0.399 e. The van der Waals surface area contributed by atoms with Crippen LogP contribution in [0.3, 0.4) is 0 Å². The molecule has 2 nitrogen and oxygen atoms in total. The van der Waals surface area contributed by atoms with E-state index in [9.17, 15) is 0 Å². The topological polar surface area (TPSA) is 35.2 Å². The normalized spacial score (nSPS) is 17.0. The molecule has 1 aromatic rings. The van der Waals surface area contributed by atoms with Gasteiger partial charge in [0, 0.05) is 10.6 Å². The summed E-state index contributed by atoms with van der Waals surface area (Å²) in [6.07, 6.45) is 0. The summed E-state index contributed by atoms with van der Waals surface area (Å²) in [6.45, 7) is 3.86. The van der Waals surface area contributed by atoms with Crippen LogP contribution >= 0.6 is 11.8 Å². The van der Waals surface area contributed by atoms with E-state index in [1.807, 2.05) is 23.9 Å². The minimum atomic E-state index is 0.625. The van der Waals surface area contributed by atoms with E-state index in [1.165, 1.54) is 10.5 Å². The van der Waals surface area contributed by atoms with Crippen LogP contribution in [-0.4, -0.2) is 18.5 Å². The number of anilines is 1. The van der Waals surface area contributed by atoms with E-state index >= 15 is 0 Å². The fourth-order valence-electron chi connectivity index (χ4n) is 1.21. The van der Waals surface area contributed by atoms with E-state index < -0.39 is 0 Å². The molecule has 1 heterocycles. The lowest BCUT2D eigenvalue weighted by atomic mass is 10.2. The third-order valence-corrected chi connectivity index (χ3v) is 3.41. The first-order valence-electron chi connectivity index (χ1n) is 4.36. The molecular formula is C10H13NOS. The quantitative estimate of drug-likeness (QED) is 0.734. The number of ether oxygens (including phenoxy) is 1. The lowest BCUT2D eigenvalue weighted by Gasteiger charge is -2.25. The second-order valence-electron chi connectivity index (χ2n) is 3.30. The fraction of sp³-hybridized carbons (Fsp3) is 0.400. The molecule has 0 atom stereocenters. The van der Waals surface area contributed by atoms with E-state index in [4.69, 9.17) is 10.5 Å². The molecule has 13 heavy (non-hydrogen) atoms. The summed E-state index contributed by atoms with van der Waals surface area (Å²) in [6, 6.07) is 6.05. The van der Waals surface area contributed by atoms with Crippen LogP contribution in [0.2, 0.25) is 0 Å². The van der Waals surface area contributed by atoms with Gasteiger partial charge in [0.25, 0.3) is 0 Å². The second kappa shape index (κ2) is 3.60. The van der Waals surface area contributed by atoms with Gasteiger partial charge >= 0.3 is 0 Å². The molecule has 1 aromatic carbocycles. The van der Waals surface area contributed by atoms with E-state index in [0.717, 1.165) is 18.9 Å². The SMILES string of the molecule is Cc1ccc(N)cc1SC1COC1. The van der Waals surface area contributed by atoms with Gasteiger partial charge in [-0.1, -0.05) is 6.07 Å². The van der Waals surface area contributed by atoms with Gasteiger partial charge < -0.3 is 10.5 Å². The third-order valence-electron chi connectivity index (χ3n) is 2.11. The van der Waals surface area contributed by atoms with Crippen molar-refractivity contribution in [2.45, 2.75) is 17.1 Å². The van der Waals surface area contributed by atoms with E-state index in [-0.39, 0.29) is 0 Å². The van der Waals surface area contributed by atoms with Gasteiger partial charge in [0.05, 0.1) is 18.5 Å². The molecule has 1 fully saturated rings. The van der Waals surface area contributed by atoms with Gasteiger partial charge in [-0.3, -0.25) is 0 Å².